The molecule has 8 heteroatoms. The molecule has 0 saturated carbocycles. The summed E-state index contributed by atoms with van der Waals surface area (Å²) in [7, 11) is 0. The van der Waals surface area contributed by atoms with Gasteiger partial charge >= 0.3 is 0 Å². The summed E-state index contributed by atoms with van der Waals surface area (Å²) in [6.07, 6.45) is 1.97. The fourth-order valence-electron chi connectivity index (χ4n) is 11.6. The van der Waals surface area contributed by atoms with Crippen LogP contribution in [-0.4, -0.2) is 29.1 Å². The Bertz CT molecular complexity index is 4920. The van der Waals surface area contributed by atoms with Gasteiger partial charge in [0, 0.05) is 88.5 Å². The first kappa shape index (κ1) is 42.1. The molecular weight excluding hydrogens is 933 g/mol. The Morgan fingerprint density at radius 1 is 0.289 bits per heavy atom. The van der Waals surface area contributed by atoms with E-state index >= 15 is 0 Å². The van der Waals surface area contributed by atoms with Crippen molar-refractivity contribution in [3.05, 3.63) is 243 Å². The van der Waals surface area contributed by atoms with E-state index in [-0.39, 0.29) is 0 Å². The van der Waals surface area contributed by atoms with Gasteiger partial charge in [0.25, 0.3) is 0 Å². The number of nitrogens with zero attached hydrogens (tertiary/aromatic N) is 6. The molecule has 0 saturated heterocycles. The van der Waals surface area contributed by atoms with E-state index in [9.17, 15) is 0 Å². The molecule has 0 aliphatic carbocycles. The quantitative estimate of drug-likeness (QED) is 0.158. The molecule has 0 unspecified atom stereocenters. The van der Waals surface area contributed by atoms with Crippen LogP contribution >= 0.6 is 0 Å². The van der Waals surface area contributed by atoms with Crippen molar-refractivity contribution in [2.24, 2.45) is 0 Å². The third kappa shape index (κ3) is 6.44. The van der Waals surface area contributed by atoms with Crippen LogP contribution in [0.1, 0.15) is 0 Å². The van der Waals surface area contributed by atoms with Crippen LogP contribution in [0.2, 0.25) is 0 Å². The minimum absolute atomic E-state index is 0.507. The van der Waals surface area contributed by atoms with E-state index in [1.165, 1.54) is 0 Å². The molecule has 0 amide bonds. The number of hydrogen-bond acceptors (Lipinski definition) is 6. The zero-order valence-electron chi connectivity index (χ0n) is 40.6. The van der Waals surface area contributed by atoms with Crippen molar-refractivity contribution in [2.45, 2.75) is 0 Å². The highest BCUT2D eigenvalue weighted by atomic mass is 16.3. The predicted molar refractivity (Wildman–Crippen MR) is 308 cm³/mol. The van der Waals surface area contributed by atoms with Gasteiger partial charge in [0.05, 0.1) is 27.8 Å². The molecule has 16 rings (SSSR count). The number of furan rings is 2. The predicted octanol–water partition coefficient (Wildman–Crippen LogP) is 17.6. The maximum atomic E-state index is 6.70. The third-order valence-corrected chi connectivity index (χ3v) is 15.0. The molecule has 76 heavy (non-hydrogen) atoms. The van der Waals surface area contributed by atoms with E-state index < -0.39 is 0 Å². The Morgan fingerprint density at radius 3 is 1.25 bits per heavy atom. The van der Waals surface area contributed by atoms with Crippen LogP contribution < -0.4 is 0 Å². The van der Waals surface area contributed by atoms with Crippen molar-refractivity contribution >= 4 is 87.5 Å². The minimum Gasteiger partial charge on any atom is -0.456 e. The molecule has 6 heterocycles. The molecule has 0 N–H and O–H groups in total. The first-order chi connectivity index (χ1) is 37.7. The van der Waals surface area contributed by atoms with Crippen LogP contribution in [0.25, 0.3) is 155 Å². The molecule has 0 radical (unpaired) electrons. The maximum absolute atomic E-state index is 6.70. The van der Waals surface area contributed by atoms with Crippen LogP contribution in [0.4, 0.5) is 0 Å². The van der Waals surface area contributed by atoms with Gasteiger partial charge in [0.2, 0.25) is 0 Å². The van der Waals surface area contributed by atoms with Gasteiger partial charge in [-0.1, -0.05) is 140 Å². The van der Waals surface area contributed by atoms with Gasteiger partial charge < -0.3 is 18.0 Å². The van der Waals surface area contributed by atoms with Crippen molar-refractivity contribution < 1.29 is 8.83 Å². The highest BCUT2D eigenvalue weighted by Crippen LogP contribution is 2.45. The number of fused-ring (bicyclic) bond motifs is 14. The number of para-hydroxylation sites is 4. The standard InChI is InChI=1S/C68H40N6O2/c1-5-17-41(18-6-1)66-70-67(42-19-7-2-8-20-42)72-68(71-66)52-39-45(43-29-33-57-50(37-43)63-59(75-57)35-31-55-61(63)48-25-13-15-27-53(48)73(55)46-21-9-3-10-22-46)40-69-65(52)44-30-34-58-51(38-44)64-60(76-58)36-32-56-62(64)49-26-14-16-28-54(49)74(56)47-23-11-4-12-24-47/h1-40H. The van der Waals surface area contributed by atoms with Gasteiger partial charge in [-0.3, -0.25) is 4.98 Å². The molecule has 10 aromatic carbocycles. The zero-order valence-corrected chi connectivity index (χ0v) is 40.6. The number of rotatable bonds is 7. The molecule has 0 atom stereocenters. The van der Waals surface area contributed by atoms with E-state index in [4.69, 9.17) is 28.8 Å². The van der Waals surface area contributed by atoms with E-state index in [1.54, 1.807) is 0 Å². The van der Waals surface area contributed by atoms with E-state index in [1.807, 2.05) is 66.9 Å². The van der Waals surface area contributed by atoms with Crippen molar-refractivity contribution in [3.63, 3.8) is 0 Å². The Labute approximate surface area is 434 Å². The molecule has 6 aromatic heterocycles. The SMILES string of the molecule is c1ccc(-c2nc(-c3ccccc3)nc(-c3cc(-c4ccc5oc6ccc7c(c8ccccc8n7-c7ccccc7)c6c5c4)cnc3-c3ccc4oc5ccc6c(c7ccccc7n6-c6ccccc6)c5c4c3)n2)cc1. The van der Waals surface area contributed by atoms with Crippen molar-refractivity contribution in [1.29, 1.82) is 0 Å². The maximum Gasteiger partial charge on any atom is 0.166 e. The first-order valence-corrected chi connectivity index (χ1v) is 25.4. The monoisotopic (exact) mass is 972 g/mol. The molecular formula is C68H40N6O2. The molecule has 0 fully saturated rings. The van der Waals surface area contributed by atoms with Crippen LogP contribution in [0.5, 0.6) is 0 Å². The first-order valence-electron chi connectivity index (χ1n) is 25.4. The summed E-state index contributed by atoms with van der Waals surface area (Å²) in [6.45, 7) is 0. The Hall–Kier alpha value is -10.4. The largest absolute Gasteiger partial charge is 0.456 e. The van der Waals surface area contributed by atoms with E-state index in [0.29, 0.717) is 17.5 Å². The second-order valence-corrected chi connectivity index (χ2v) is 19.3. The summed E-state index contributed by atoms with van der Waals surface area (Å²) in [5, 5.41) is 8.75. The average Bonchev–Trinajstić information content (AvgIpc) is 4.29. The number of benzene rings is 10. The number of aromatic nitrogens is 6. The van der Waals surface area contributed by atoms with Gasteiger partial charge in [0.15, 0.2) is 17.5 Å². The third-order valence-electron chi connectivity index (χ3n) is 15.0. The molecule has 0 aliphatic rings. The molecule has 8 nitrogen and oxygen atoms in total. The number of pyridine rings is 1. The van der Waals surface area contributed by atoms with Gasteiger partial charge in [-0.15, -0.1) is 0 Å². The van der Waals surface area contributed by atoms with Gasteiger partial charge in [-0.2, -0.15) is 0 Å². The fraction of sp³-hybridized carbons (Fsp3) is 0. The van der Waals surface area contributed by atoms with Gasteiger partial charge in [0.1, 0.15) is 22.3 Å². The summed E-state index contributed by atoms with van der Waals surface area (Å²) in [5.74, 6) is 1.64. The zero-order chi connectivity index (χ0) is 49.8. The minimum atomic E-state index is 0.507. The summed E-state index contributed by atoms with van der Waals surface area (Å²) in [4.78, 5) is 21.1. The summed E-state index contributed by atoms with van der Waals surface area (Å²) < 4.78 is 18.1. The molecule has 354 valence electrons. The lowest BCUT2D eigenvalue weighted by Gasteiger charge is -2.13. The normalized spacial score (nSPS) is 11.9. The molecule has 0 spiro atoms. The summed E-state index contributed by atoms with van der Waals surface area (Å²) >= 11 is 0. The lowest BCUT2D eigenvalue weighted by Crippen LogP contribution is -2.02. The lowest BCUT2D eigenvalue weighted by atomic mass is 9.97. The van der Waals surface area contributed by atoms with E-state index in [0.717, 1.165) is 138 Å². The lowest BCUT2D eigenvalue weighted by molar-refractivity contribution is 0.669. The summed E-state index contributed by atoms with van der Waals surface area (Å²) in [5.41, 5.74) is 16.0. The average molecular weight is 973 g/mol. The van der Waals surface area contributed by atoms with Crippen molar-refractivity contribution in [1.82, 2.24) is 29.1 Å². The molecule has 0 aliphatic heterocycles. The second-order valence-electron chi connectivity index (χ2n) is 19.3. The van der Waals surface area contributed by atoms with E-state index in [2.05, 4.69) is 185 Å². The second kappa shape index (κ2) is 16.5. The van der Waals surface area contributed by atoms with Crippen LogP contribution in [0.3, 0.4) is 0 Å². The smallest absolute Gasteiger partial charge is 0.166 e. The summed E-state index contributed by atoms with van der Waals surface area (Å²) in [6, 6.07) is 82.1. The Balaban J connectivity index is 0.939. The van der Waals surface area contributed by atoms with Crippen LogP contribution in [0, 0.1) is 0 Å². The van der Waals surface area contributed by atoms with Crippen molar-refractivity contribution in [2.75, 3.05) is 0 Å². The number of hydrogen-bond donors (Lipinski definition) is 0. The Morgan fingerprint density at radius 2 is 0.724 bits per heavy atom. The highest BCUT2D eigenvalue weighted by Gasteiger charge is 2.24. The Kier molecular flexibility index (Phi) is 9.17. The van der Waals surface area contributed by atoms with Crippen LogP contribution in [-0.2, 0) is 0 Å². The van der Waals surface area contributed by atoms with Gasteiger partial charge in [-0.25, -0.2) is 15.0 Å². The molecule has 16 aromatic rings. The fourth-order valence-corrected chi connectivity index (χ4v) is 11.6. The highest BCUT2D eigenvalue weighted by molar-refractivity contribution is 6.29. The molecule has 0 bridgehead atoms. The topological polar surface area (TPSA) is 87.7 Å². The van der Waals surface area contributed by atoms with Gasteiger partial charge in [-0.05, 0) is 103 Å². The van der Waals surface area contributed by atoms with Crippen LogP contribution in [0.15, 0.2) is 252 Å². The van der Waals surface area contributed by atoms with Crippen molar-refractivity contribution in [3.8, 4) is 67.9 Å².